The third kappa shape index (κ3) is 2.65. The van der Waals surface area contributed by atoms with E-state index in [-0.39, 0.29) is 5.91 Å². The number of anilines is 1. The van der Waals surface area contributed by atoms with Crippen LogP contribution in [0.15, 0.2) is 51.5 Å². The number of benzene rings is 1. The molecule has 1 fully saturated rings. The number of carbonyl (C=O) groups is 1. The average molecular weight is 294 g/mol. The summed E-state index contributed by atoms with van der Waals surface area (Å²) in [7, 11) is 0. The first-order valence-electron chi connectivity index (χ1n) is 7.21. The SMILES string of the molecule is O=C(/C=C\c1ccco1)Nc1ccc2oc(C3CC3)nc2c1. The molecule has 22 heavy (non-hydrogen) atoms. The highest BCUT2D eigenvalue weighted by Crippen LogP contribution is 2.40. The molecule has 2 aromatic heterocycles. The van der Waals surface area contributed by atoms with E-state index in [2.05, 4.69) is 10.3 Å². The Kier molecular flexibility index (Phi) is 3.04. The number of fused-ring (bicyclic) bond motifs is 1. The molecule has 0 saturated heterocycles. The highest BCUT2D eigenvalue weighted by Gasteiger charge is 2.28. The molecule has 110 valence electrons. The van der Waals surface area contributed by atoms with Gasteiger partial charge < -0.3 is 14.2 Å². The molecular weight excluding hydrogens is 280 g/mol. The fraction of sp³-hybridized carbons (Fsp3) is 0.176. The lowest BCUT2D eigenvalue weighted by Crippen LogP contribution is -2.07. The minimum absolute atomic E-state index is 0.221. The van der Waals surface area contributed by atoms with Crippen LogP contribution in [0.4, 0.5) is 5.69 Å². The number of hydrogen-bond donors (Lipinski definition) is 1. The predicted molar refractivity (Wildman–Crippen MR) is 82.4 cm³/mol. The van der Waals surface area contributed by atoms with Gasteiger partial charge in [-0.05, 0) is 49.2 Å². The van der Waals surface area contributed by atoms with Crippen LogP contribution in [0.2, 0.25) is 0 Å². The van der Waals surface area contributed by atoms with Crippen molar-refractivity contribution in [2.24, 2.45) is 0 Å². The van der Waals surface area contributed by atoms with Crippen molar-refractivity contribution in [1.29, 1.82) is 0 Å². The van der Waals surface area contributed by atoms with E-state index in [1.807, 2.05) is 18.2 Å². The lowest BCUT2D eigenvalue weighted by molar-refractivity contribution is -0.111. The lowest BCUT2D eigenvalue weighted by atomic mass is 10.3. The highest BCUT2D eigenvalue weighted by atomic mass is 16.3. The Bertz CT molecular complexity index is 842. The van der Waals surface area contributed by atoms with Gasteiger partial charge in [0, 0.05) is 17.7 Å². The second-order valence-corrected chi connectivity index (χ2v) is 5.35. The molecule has 5 nitrogen and oxygen atoms in total. The number of carbonyl (C=O) groups excluding carboxylic acids is 1. The van der Waals surface area contributed by atoms with Gasteiger partial charge in [-0.2, -0.15) is 0 Å². The molecule has 0 radical (unpaired) electrons. The maximum atomic E-state index is 11.9. The summed E-state index contributed by atoms with van der Waals surface area (Å²) in [6, 6.07) is 9.02. The first-order valence-corrected chi connectivity index (χ1v) is 7.21. The molecule has 1 aliphatic carbocycles. The van der Waals surface area contributed by atoms with Gasteiger partial charge in [0.25, 0.3) is 0 Å². The molecule has 0 bridgehead atoms. The second-order valence-electron chi connectivity index (χ2n) is 5.35. The summed E-state index contributed by atoms with van der Waals surface area (Å²) in [6.07, 6.45) is 6.91. The van der Waals surface area contributed by atoms with E-state index < -0.39 is 0 Å². The predicted octanol–water partition coefficient (Wildman–Crippen LogP) is 3.95. The minimum Gasteiger partial charge on any atom is -0.465 e. The maximum Gasteiger partial charge on any atom is 0.248 e. The molecule has 4 rings (SSSR count). The standard InChI is InChI=1S/C17H14N2O3/c20-16(8-6-13-2-1-9-21-13)18-12-5-7-15-14(10-12)19-17(22-15)11-3-4-11/h1-2,5-11H,3-4H2,(H,18,20)/b8-6-. The van der Waals surface area contributed by atoms with Crippen molar-refractivity contribution in [1.82, 2.24) is 4.98 Å². The molecule has 0 atom stereocenters. The molecular formula is C17H14N2O3. The summed E-state index contributed by atoms with van der Waals surface area (Å²) in [4.78, 5) is 16.4. The van der Waals surface area contributed by atoms with Gasteiger partial charge in [0.15, 0.2) is 11.5 Å². The van der Waals surface area contributed by atoms with E-state index in [4.69, 9.17) is 8.83 Å². The first-order chi connectivity index (χ1) is 10.8. The molecule has 3 aromatic rings. The fourth-order valence-corrected chi connectivity index (χ4v) is 2.26. The second kappa shape index (κ2) is 5.18. The number of hydrogen-bond acceptors (Lipinski definition) is 4. The van der Waals surface area contributed by atoms with Crippen molar-refractivity contribution < 1.29 is 13.6 Å². The highest BCUT2D eigenvalue weighted by molar-refractivity contribution is 6.02. The van der Waals surface area contributed by atoms with E-state index in [9.17, 15) is 4.79 Å². The molecule has 1 aliphatic rings. The van der Waals surface area contributed by atoms with Gasteiger partial charge in [-0.25, -0.2) is 4.98 Å². The largest absolute Gasteiger partial charge is 0.465 e. The molecule has 1 aromatic carbocycles. The first kappa shape index (κ1) is 12.9. The molecule has 2 heterocycles. The van der Waals surface area contributed by atoms with Gasteiger partial charge in [0.05, 0.1) is 6.26 Å². The van der Waals surface area contributed by atoms with Crippen LogP contribution >= 0.6 is 0 Å². The third-order valence-corrected chi connectivity index (χ3v) is 3.54. The summed E-state index contributed by atoms with van der Waals surface area (Å²) in [6.45, 7) is 0. The zero-order valence-corrected chi connectivity index (χ0v) is 11.8. The van der Waals surface area contributed by atoms with E-state index in [0.29, 0.717) is 17.4 Å². The lowest BCUT2D eigenvalue weighted by Gasteiger charge is -2.00. The van der Waals surface area contributed by atoms with Crippen LogP contribution in [0.25, 0.3) is 17.2 Å². The number of rotatable bonds is 4. The Hall–Kier alpha value is -2.82. The molecule has 5 heteroatoms. The topological polar surface area (TPSA) is 68.3 Å². The molecule has 0 spiro atoms. The Morgan fingerprint density at radius 2 is 2.23 bits per heavy atom. The Labute approximate surface area is 126 Å². The molecule has 1 N–H and O–H groups in total. The van der Waals surface area contributed by atoms with Crippen molar-refractivity contribution in [2.75, 3.05) is 5.32 Å². The van der Waals surface area contributed by atoms with E-state index in [0.717, 1.165) is 29.8 Å². The van der Waals surface area contributed by atoms with Gasteiger partial charge >= 0.3 is 0 Å². The zero-order valence-electron chi connectivity index (χ0n) is 11.8. The van der Waals surface area contributed by atoms with Crippen LogP contribution in [0, 0.1) is 0 Å². The van der Waals surface area contributed by atoms with Gasteiger partial charge in [-0.3, -0.25) is 4.79 Å². The Balaban J connectivity index is 1.49. The van der Waals surface area contributed by atoms with Crippen LogP contribution < -0.4 is 5.32 Å². The summed E-state index contributed by atoms with van der Waals surface area (Å²) in [5.41, 5.74) is 2.22. The monoisotopic (exact) mass is 294 g/mol. The van der Waals surface area contributed by atoms with E-state index >= 15 is 0 Å². The van der Waals surface area contributed by atoms with E-state index in [1.165, 1.54) is 6.08 Å². The summed E-state index contributed by atoms with van der Waals surface area (Å²) in [5.74, 6) is 1.69. The Morgan fingerprint density at radius 3 is 3.00 bits per heavy atom. The normalized spacial score (nSPS) is 14.7. The third-order valence-electron chi connectivity index (χ3n) is 3.54. The number of nitrogens with one attached hydrogen (secondary N) is 1. The van der Waals surface area contributed by atoms with Crippen molar-refractivity contribution >= 4 is 28.8 Å². The number of oxazole rings is 1. The molecule has 1 saturated carbocycles. The molecule has 0 unspecified atom stereocenters. The van der Waals surface area contributed by atoms with Gasteiger partial charge in [-0.1, -0.05) is 0 Å². The van der Waals surface area contributed by atoms with Crippen LogP contribution in [0.1, 0.15) is 30.4 Å². The van der Waals surface area contributed by atoms with Crippen molar-refractivity contribution in [2.45, 2.75) is 18.8 Å². The van der Waals surface area contributed by atoms with Crippen molar-refractivity contribution in [3.05, 3.63) is 54.3 Å². The zero-order chi connectivity index (χ0) is 14.9. The van der Waals surface area contributed by atoms with Crippen LogP contribution in [0.3, 0.4) is 0 Å². The van der Waals surface area contributed by atoms with Gasteiger partial charge in [0.1, 0.15) is 11.3 Å². The van der Waals surface area contributed by atoms with Crippen LogP contribution in [-0.2, 0) is 4.79 Å². The summed E-state index contributed by atoms with van der Waals surface area (Å²) < 4.78 is 10.8. The number of aromatic nitrogens is 1. The molecule has 0 aliphatic heterocycles. The van der Waals surface area contributed by atoms with Crippen LogP contribution in [-0.4, -0.2) is 10.9 Å². The number of amides is 1. The number of nitrogens with zero attached hydrogens (tertiary/aromatic N) is 1. The van der Waals surface area contributed by atoms with Gasteiger partial charge in [0.2, 0.25) is 5.91 Å². The quantitative estimate of drug-likeness (QED) is 0.740. The number of furan rings is 1. The average Bonchev–Trinajstić information content (AvgIpc) is 3.08. The van der Waals surface area contributed by atoms with Gasteiger partial charge in [-0.15, -0.1) is 0 Å². The smallest absolute Gasteiger partial charge is 0.248 e. The van der Waals surface area contributed by atoms with E-state index in [1.54, 1.807) is 24.5 Å². The Morgan fingerprint density at radius 1 is 1.32 bits per heavy atom. The fourth-order valence-electron chi connectivity index (χ4n) is 2.26. The van der Waals surface area contributed by atoms with Crippen molar-refractivity contribution in [3.63, 3.8) is 0 Å². The van der Waals surface area contributed by atoms with Crippen LogP contribution in [0.5, 0.6) is 0 Å². The summed E-state index contributed by atoms with van der Waals surface area (Å²) >= 11 is 0. The summed E-state index contributed by atoms with van der Waals surface area (Å²) in [5, 5.41) is 2.80. The van der Waals surface area contributed by atoms with Crippen molar-refractivity contribution in [3.8, 4) is 0 Å². The molecule has 1 amide bonds. The minimum atomic E-state index is -0.221. The maximum absolute atomic E-state index is 11.9.